The van der Waals surface area contributed by atoms with E-state index in [0.717, 1.165) is 19.0 Å². The first-order valence-corrected chi connectivity index (χ1v) is 9.46. The lowest BCUT2D eigenvalue weighted by Gasteiger charge is -2.31. The van der Waals surface area contributed by atoms with Gasteiger partial charge in [0.05, 0.1) is 12.8 Å². The summed E-state index contributed by atoms with van der Waals surface area (Å²) in [6, 6.07) is 4.05. The molecule has 26 heavy (non-hydrogen) atoms. The van der Waals surface area contributed by atoms with Crippen LogP contribution < -0.4 is 10.6 Å². The molecule has 1 fully saturated rings. The molecule has 6 nitrogen and oxygen atoms in total. The van der Waals surface area contributed by atoms with Crippen LogP contribution in [0.25, 0.3) is 0 Å². The molecule has 2 unspecified atom stereocenters. The molecule has 1 saturated heterocycles. The van der Waals surface area contributed by atoms with Crippen LogP contribution in [0.1, 0.15) is 46.3 Å². The quantitative estimate of drug-likeness (QED) is 0.305. The Hall–Kier alpha value is -0.800. The number of nitrogens with zero attached hydrogens (tertiary/aromatic N) is 2. The van der Waals surface area contributed by atoms with E-state index in [9.17, 15) is 5.11 Å². The van der Waals surface area contributed by atoms with E-state index in [4.69, 9.17) is 4.42 Å². The number of halogens is 1. The van der Waals surface area contributed by atoms with Gasteiger partial charge in [0, 0.05) is 19.1 Å². The number of hydrogen-bond acceptors (Lipinski definition) is 4. The summed E-state index contributed by atoms with van der Waals surface area (Å²) in [6.45, 7) is 12.6. The average Bonchev–Trinajstić information content (AvgIpc) is 3.26. The van der Waals surface area contributed by atoms with Crippen LogP contribution in [0.2, 0.25) is 0 Å². The van der Waals surface area contributed by atoms with E-state index in [2.05, 4.69) is 34.4 Å². The van der Waals surface area contributed by atoms with Crippen LogP contribution in [0.4, 0.5) is 0 Å². The highest BCUT2D eigenvalue weighted by Crippen LogP contribution is 2.21. The first-order valence-electron chi connectivity index (χ1n) is 9.46. The Morgan fingerprint density at radius 2 is 2.04 bits per heavy atom. The second kappa shape index (κ2) is 11.1. The summed E-state index contributed by atoms with van der Waals surface area (Å²) >= 11 is 0. The minimum atomic E-state index is -1.11. The summed E-state index contributed by atoms with van der Waals surface area (Å²) in [7, 11) is 0. The molecule has 1 aliphatic heterocycles. The summed E-state index contributed by atoms with van der Waals surface area (Å²) in [4.78, 5) is 7.13. The van der Waals surface area contributed by atoms with Gasteiger partial charge in [-0.2, -0.15) is 0 Å². The Kier molecular flexibility index (Phi) is 9.95. The maximum atomic E-state index is 10.6. The zero-order chi connectivity index (χ0) is 18.3. The van der Waals surface area contributed by atoms with Gasteiger partial charge in [0.1, 0.15) is 11.4 Å². The highest BCUT2D eigenvalue weighted by Gasteiger charge is 2.27. The second-order valence-electron chi connectivity index (χ2n) is 7.38. The SMILES string of the molecule is CCNC(=NCC(C)(O)c1ccco1)NCC(C(C)C)N1CCCC1.I. The average molecular weight is 478 g/mol. The topological polar surface area (TPSA) is 73.0 Å². The zero-order valence-electron chi connectivity index (χ0n) is 16.5. The Bertz CT molecular complexity index is 526. The van der Waals surface area contributed by atoms with Crippen LogP contribution in [0, 0.1) is 5.92 Å². The first kappa shape index (κ1) is 23.2. The van der Waals surface area contributed by atoms with Gasteiger partial charge in [-0.3, -0.25) is 4.90 Å². The highest BCUT2D eigenvalue weighted by atomic mass is 127. The van der Waals surface area contributed by atoms with Crippen molar-refractivity contribution in [2.75, 3.05) is 32.7 Å². The molecular weight excluding hydrogens is 443 g/mol. The van der Waals surface area contributed by atoms with Gasteiger partial charge < -0.3 is 20.2 Å². The second-order valence-corrected chi connectivity index (χ2v) is 7.38. The predicted molar refractivity (Wildman–Crippen MR) is 117 cm³/mol. The Labute approximate surface area is 174 Å². The Balaban J connectivity index is 0.00000338. The summed E-state index contributed by atoms with van der Waals surface area (Å²) in [5, 5.41) is 17.3. The summed E-state index contributed by atoms with van der Waals surface area (Å²) in [5.41, 5.74) is -1.11. The van der Waals surface area contributed by atoms with Crippen LogP contribution in [0.5, 0.6) is 0 Å². The molecule has 0 aliphatic carbocycles. The van der Waals surface area contributed by atoms with Crippen molar-refractivity contribution in [1.82, 2.24) is 15.5 Å². The van der Waals surface area contributed by atoms with Crippen molar-refractivity contribution >= 4 is 29.9 Å². The summed E-state index contributed by atoms with van der Waals surface area (Å²) in [5.74, 6) is 1.85. The smallest absolute Gasteiger partial charge is 0.191 e. The van der Waals surface area contributed by atoms with Crippen LogP contribution >= 0.6 is 24.0 Å². The fourth-order valence-electron chi connectivity index (χ4n) is 3.30. The molecular formula is C19H35IN4O2. The largest absolute Gasteiger partial charge is 0.466 e. The molecule has 1 aromatic rings. The summed E-state index contributed by atoms with van der Waals surface area (Å²) < 4.78 is 5.32. The molecule has 7 heteroatoms. The van der Waals surface area contributed by atoms with Crippen molar-refractivity contribution < 1.29 is 9.52 Å². The van der Waals surface area contributed by atoms with E-state index in [1.165, 1.54) is 25.9 Å². The lowest BCUT2D eigenvalue weighted by Crippen LogP contribution is -2.48. The third kappa shape index (κ3) is 6.74. The standard InChI is InChI=1S/C19H34N4O2.HI/c1-5-20-18(22-14-19(4,24)17-9-8-12-25-17)21-13-16(15(2)3)23-10-6-7-11-23;/h8-9,12,15-16,24H,5-7,10-11,13-14H2,1-4H3,(H2,20,21,22);1H. The molecule has 2 atom stereocenters. The number of rotatable bonds is 8. The first-order chi connectivity index (χ1) is 11.9. The molecule has 2 rings (SSSR count). The molecule has 0 spiro atoms. The van der Waals surface area contributed by atoms with E-state index in [1.807, 2.05) is 6.92 Å². The lowest BCUT2D eigenvalue weighted by atomic mass is 10.0. The van der Waals surface area contributed by atoms with E-state index < -0.39 is 5.60 Å². The maximum absolute atomic E-state index is 10.6. The van der Waals surface area contributed by atoms with E-state index in [-0.39, 0.29) is 30.5 Å². The van der Waals surface area contributed by atoms with Gasteiger partial charge in [0.2, 0.25) is 0 Å². The monoisotopic (exact) mass is 478 g/mol. The van der Waals surface area contributed by atoms with Crippen LogP contribution in [0.3, 0.4) is 0 Å². The number of furan rings is 1. The third-order valence-corrected chi connectivity index (χ3v) is 4.80. The van der Waals surface area contributed by atoms with Gasteiger partial charge in [-0.05, 0) is 57.8 Å². The van der Waals surface area contributed by atoms with Crippen LogP contribution in [0.15, 0.2) is 27.8 Å². The van der Waals surface area contributed by atoms with Crippen molar-refractivity contribution in [1.29, 1.82) is 0 Å². The predicted octanol–water partition coefficient (Wildman–Crippen LogP) is 2.78. The molecule has 3 N–H and O–H groups in total. The van der Waals surface area contributed by atoms with Crippen molar-refractivity contribution in [3.8, 4) is 0 Å². The number of aliphatic imine (C=N–C) groups is 1. The fourth-order valence-corrected chi connectivity index (χ4v) is 3.30. The molecule has 0 saturated carbocycles. The van der Waals surface area contributed by atoms with E-state index in [0.29, 0.717) is 17.7 Å². The molecule has 0 aromatic carbocycles. The molecule has 150 valence electrons. The molecule has 1 aliphatic rings. The fraction of sp³-hybridized carbons (Fsp3) is 0.737. The minimum absolute atomic E-state index is 0. The molecule has 1 aromatic heterocycles. The van der Waals surface area contributed by atoms with Crippen molar-refractivity contribution in [3.05, 3.63) is 24.2 Å². The van der Waals surface area contributed by atoms with Gasteiger partial charge >= 0.3 is 0 Å². The lowest BCUT2D eigenvalue weighted by molar-refractivity contribution is 0.0436. The number of likely N-dealkylation sites (tertiary alicyclic amines) is 1. The van der Waals surface area contributed by atoms with Crippen molar-refractivity contribution in [2.45, 2.75) is 52.2 Å². The van der Waals surface area contributed by atoms with Gasteiger partial charge in [-0.25, -0.2) is 4.99 Å². The van der Waals surface area contributed by atoms with E-state index >= 15 is 0 Å². The number of aliphatic hydroxyl groups is 1. The minimum Gasteiger partial charge on any atom is -0.466 e. The van der Waals surface area contributed by atoms with Gasteiger partial charge in [0.25, 0.3) is 0 Å². The maximum Gasteiger partial charge on any atom is 0.191 e. The summed E-state index contributed by atoms with van der Waals surface area (Å²) in [6.07, 6.45) is 4.16. The number of guanidine groups is 1. The van der Waals surface area contributed by atoms with Gasteiger partial charge in [-0.15, -0.1) is 24.0 Å². The Morgan fingerprint density at radius 1 is 1.35 bits per heavy atom. The molecule has 0 amide bonds. The van der Waals surface area contributed by atoms with E-state index in [1.54, 1.807) is 25.3 Å². The highest BCUT2D eigenvalue weighted by molar-refractivity contribution is 14.0. The molecule has 0 bridgehead atoms. The Morgan fingerprint density at radius 3 is 2.58 bits per heavy atom. The van der Waals surface area contributed by atoms with Gasteiger partial charge in [-0.1, -0.05) is 13.8 Å². The van der Waals surface area contributed by atoms with Crippen LogP contribution in [-0.4, -0.2) is 54.7 Å². The molecule has 2 heterocycles. The van der Waals surface area contributed by atoms with Crippen molar-refractivity contribution in [2.24, 2.45) is 10.9 Å². The number of nitrogens with one attached hydrogen (secondary N) is 2. The van der Waals surface area contributed by atoms with Crippen LogP contribution in [-0.2, 0) is 5.60 Å². The normalized spacial score (nSPS) is 19.1. The van der Waals surface area contributed by atoms with Crippen molar-refractivity contribution in [3.63, 3.8) is 0 Å². The third-order valence-electron chi connectivity index (χ3n) is 4.80. The number of hydrogen-bond donors (Lipinski definition) is 3. The zero-order valence-corrected chi connectivity index (χ0v) is 18.8. The molecule has 0 radical (unpaired) electrons. The van der Waals surface area contributed by atoms with Gasteiger partial charge in [0.15, 0.2) is 5.96 Å².